The van der Waals surface area contributed by atoms with Crippen molar-refractivity contribution < 1.29 is 45.2 Å². The van der Waals surface area contributed by atoms with Crippen LogP contribution in [0, 0.1) is 27.6 Å². The van der Waals surface area contributed by atoms with Gasteiger partial charge in [-0.25, -0.2) is 0 Å². The van der Waals surface area contributed by atoms with Crippen molar-refractivity contribution in [2.24, 2.45) is 27.6 Å². The molecule has 0 N–H and O–H groups in total. The molecule has 1 saturated carbocycles. The van der Waals surface area contributed by atoms with Crippen molar-refractivity contribution in [1.29, 1.82) is 0 Å². The standard InChI is InChI=1S/C29H37.C5H5.C4H8Si.2ClH.Zr/c1-18-25-22-17-19-13-9-10-14-20(19)24(22)21-15-11-12-16-23(21)29(25,8)28(6,7)27(4,5)26(18,2)3;2*1-2-4-5-3-1;;;/h9-11,13-15,23H,12,16-17H2,1-8H3;1-3H,4H2;1-4H2;2*1H;/q;;;;;+2/p-2. The molecule has 0 nitrogen and oxygen atoms in total. The molecule has 224 valence electrons. The van der Waals surface area contributed by atoms with Crippen LogP contribution in [0.3, 0.4) is 0 Å². The molecule has 1 heterocycles. The molecule has 6 aliphatic rings. The van der Waals surface area contributed by atoms with Gasteiger partial charge in [0, 0.05) is 0 Å². The van der Waals surface area contributed by atoms with Gasteiger partial charge < -0.3 is 24.8 Å². The summed E-state index contributed by atoms with van der Waals surface area (Å²) in [5.74, 6) is 0.614. The fraction of sp³-hybridized carbons (Fsp3) is 0.579. The maximum absolute atomic E-state index is 2.90. The Morgan fingerprint density at radius 3 is 2.19 bits per heavy atom. The molecule has 1 aromatic carbocycles. The van der Waals surface area contributed by atoms with Crippen LogP contribution >= 0.6 is 0 Å². The molecule has 0 spiro atoms. The van der Waals surface area contributed by atoms with Crippen LogP contribution in [0.5, 0.6) is 0 Å². The van der Waals surface area contributed by atoms with E-state index in [0.717, 1.165) is 6.42 Å². The Balaban J connectivity index is 0.00000176. The molecule has 0 radical (unpaired) electrons. The number of hydrogen-bond donors (Lipinski definition) is 0. The van der Waals surface area contributed by atoms with Gasteiger partial charge in [-0.1, -0.05) is 0 Å². The molecule has 7 rings (SSSR count). The molecule has 2 fully saturated rings. The van der Waals surface area contributed by atoms with E-state index in [0.29, 0.717) is 9.04 Å². The number of halogens is 2. The molecule has 0 amide bonds. The third-order valence-electron chi connectivity index (χ3n) is 14.4. The monoisotopic (exact) mass is 694 g/mol. The van der Waals surface area contributed by atoms with Crippen molar-refractivity contribution in [2.45, 2.75) is 109 Å². The first-order chi connectivity index (χ1) is 18.9. The minimum absolute atomic E-state index is 0. The van der Waals surface area contributed by atoms with Gasteiger partial charge in [0.1, 0.15) is 0 Å². The van der Waals surface area contributed by atoms with Crippen molar-refractivity contribution in [3.05, 3.63) is 85.8 Å². The predicted octanol–water partition coefficient (Wildman–Crippen LogP) is 4.81. The number of allylic oxidation sites excluding steroid dienone is 10. The molecular weight excluding hydrogens is 647 g/mol. The quantitative estimate of drug-likeness (QED) is 0.390. The molecule has 3 unspecified atom stereocenters. The van der Waals surface area contributed by atoms with E-state index in [-0.39, 0.29) is 51.9 Å². The van der Waals surface area contributed by atoms with Gasteiger partial charge in [-0.3, -0.25) is 0 Å². The zero-order valence-electron chi connectivity index (χ0n) is 27.2. The molecule has 1 aliphatic heterocycles. The summed E-state index contributed by atoms with van der Waals surface area (Å²) < 4.78 is 2.28. The van der Waals surface area contributed by atoms with E-state index >= 15 is 0 Å². The number of fused-ring (bicyclic) bond motifs is 6. The normalized spacial score (nSPS) is 32.6. The Morgan fingerprint density at radius 1 is 0.833 bits per heavy atom. The van der Waals surface area contributed by atoms with Crippen LogP contribution in [0.15, 0.2) is 74.6 Å². The van der Waals surface area contributed by atoms with Gasteiger partial charge in [0.05, 0.1) is 0 Å². The second-order valence-corrected chi connectivity index (χ2v) is 32.0. The molecule has 42 heavy (non-hydrogen) atoms. The van der Waals surface area contributed by atoms with Crippen LogP contribution in [-0.4, -0.2) is 5.43 Å². The van der Waals surface area contributed by atoms with Gasteiger partial charge in [-0.05, 0) is 0 Å². The summed E-state index contributed by atoms with van der Waals surface area (Å²) in [4.78, 5) is 0. The third kappa shape index (κ3) is 3.86. The minimum atomic E-state index is -2.18. The minimum Gasteiger partial charge on any atom is -1.00 e. The van der Waals surface area contributed by atoms with E-state index in [1.807, 2.05) is 8.85 Å². The summed E-state index contributed by atoms with van der Waals surface area (Å²) in [5, 5.41) is 0. The number of benzene rings is 1. The van der Waals surface area contributed by atoms with Crippen molar-refractivity contribution in [3.63, 3.8) is 0 Å². The molecule has 1 saturated heterocycles. The molecular formula is C38H50Cl2SiZr. The maximum atomic E-state index is 2.90. The fourth-order valence-corrected chi connectivity index (χ4v) is 39.7. The van der Waals surface area contributed by atoms with Gasteiger partial charge in [-0.2, -0.15) is 0 Å². The average Bonchev–Trinajstić information content (AvgIpc) is 3.70. The van der Waals surface area contributed by atoms with Gasteiger partial charge in [-0.15, -0.1) is 0 Å². The molecule has 3 atom stereocenters. The van der Waals surface area contributed by atoms with Crippen LogP contribution < -0.4 is 24.8 Å². The van der Waals surface area contributed by atoms with Gasteiger partial charge >= 0.3 is 254 Å². The first-order valence-corrected chi connectivity index (χ1v) is 24.3. The first kappa shape index (κ1) is 33.0. The maximum Gasteiger partial charge on any atom is -1.00 e. The van der Waals surface area contributed by atoms with E-state index in [1.54, 1.807) is 39.9 Å². The Bertz CT molecular complexity index is 1500. The van der Waals surface area contributed by atoms with E-state index in [1.165, 1.54) is 32.1 Å². The van der Waals surface area contributed by atoms with Crippen molar-refractivity contribution in [3.8, 4) is 0 Å². The summed E-state index contributed by atoms with van der Waals surface area (Å²) in [6.45, 7) is 22.0. The Morgan fingerprint density at radius 2 is 1.52 bits per heavy atom. The fourth-order valence-electron chi connectivity index (χ4n) is 11.0. The van der Waals surface area contributed by atoms with Crippen molar-refractivity contribution in [1.82, 2.24) is 0 Å². The van der Waals surface area contributed by atoms with Crippen LogP contribution in [0.4, 0.5) is 0 Å². The summed E-state index contributed by atoms with van der Waals surface area (Å²) in [7, 11) is 0. The third-order valence-corrected chi connectivity index (χ3v) is 37.9. The topological polar surface area (TPSA) is 0 Å². The molecule has 0 aromatic heterocycles. The van der Waals surface area contributed by atoms with Crippen LogP contribution in [0.2, 0.25) is 15.2 Å². The summed E-state index contributed by atoms with van der Waals surface area (Å²) in [5.41, 5.74) is 10.7. The van der Waals surface area contributed by atoms with Crippen LogP contribution in [0.25, 0.3) is 5.57 Å². The van der Waals surface area contributed by atoms with Crippen LogP contribution in [-0.2, 0) is 26.8 Å². The van der Waals surface area contributed by atoms with Crippen LogP contribution in [0.1, 0.15) is 98.6 Å². The number of rotatable bonds is 2. The zero-order valence-corrected chi connectivity index (χ0v) is 32.2. The van der Waals surface area contributed by atoms with E-state index < -0.39 is 20.4 Å². The second kappa shape index (κ2) is 10.9. The van der Waals surface area contributed by atoms with E-state index in [2.05, 4.69) is 110 Å². The van der Waals surface area contributed by atoms with Crippen molar-refractivity contribution >= 4 is 11.0 Å². The Kier molecular flexibility index (Phi) is 8.52. The second-order valence-electron chi connectivity index (χ2n) is 15.8. The van der Waals surface area contributed by atoms with Crippen molar-refractivity contribution in [2.75, 3.05) is 0 Å². The number of hydrogen-bond acceptors (Lipinski definition) is 0. The average molecular weight is 697 g/mol. The molecule has 0 bridgehead atoms. The largest absolute Gasteiger partial charge is 1.00 e. The first-order valence-electron chi connectivity index (χ1n) is 16.2. The Hall–Kier alpha value is -0.400. The molecule has 1 aromatic rings. The SMILES string of the molecule is CC12C(=C3Cc4ccccc4C3=C3C=CCCC31)[C](C)([Zr+2]([C]1=CC=CC1)=[Si]1CCCC1)C(C)(C)C(C)(C)C2(C)C.[Cl-].[Cl-]. The smallest absolute Gasteiger partial charge is 1.00 e. The van der Waals surface area contributed by atoms with E-state index in [9.17, 15) is 0 Å². The van der Waals surface area contributed by atoms with Gasteiger partial charge in [0.2, 0.25) is 0 Å². The zero-order chi connectivity index (χ0) is 28.3. The molecule has 4 heteroatoms. The van der Waals surface area contributed by atoms with Gasteiger partial charge in [0.15, 0.2) is 0 Å². The summed E-state index contributed by atoms with van der Waals surface area (Å²) in [6.07, 6.45) is 20.6. The predicted molar refractivity (Wildman–Crippen MR) is 170 cm³/mol. The van der Waals surface area contributed by atoms with E-state index in [4.69, 9.17) is 0 Å². The summed E-state index contributed by atoms with van der Waals surface area (Å²) >= 11 is -2.18. The Labute approximate surface area is 276 Å². The summed E-state index contributed by atoms with van der Waals surface area (Å²) in [6, 6.07) is 12.7. The van der Waals surface area contributed by atoms with Gasteiger partial charge in [0.25, 0.3) is 0 Å². The molecule has 5 aliphatic carbocycles.